The zero-order valence-electron chi connectivity index (χ0n) is 24.4. The summed E-state index contributed by atoms with van der Waals surface area (Å²) in [6.45, 7) is 8.58. The summed E-state index contributed by atoms with van der Waals surface area (Å²) in [4.78, 5) is 81.2. The van der Waals surface area contributed by atoms with Crippen molar-refractivity contribution in [2.24, 2.45) is 11.8 Å². The van der Waals surface area contributed by atoms with Crippen molar-refractivity contribution in [2.75, 3.05) is 0 Å². The predicted octanol–water partition coefficient (Wildman–Crippen LogP) is 0.345. The van der Waals surface area contributed by atoms with Crippen LogP contribution >= 0.6 is 0 Å². The van der Waals surface area contributed by atoms with E-state index >= 15 is 0 Å². The van der Waals surface area contributed by atoms with Crippen molar-refractivity contribution >= 4 is 46.4 Å². The van der Waals surface area contributed by atoms with Crippen LogP contribution in [-0.2, 0) is 35.2 Å². The molecular formula is C29H40N6O7. The number of hydrogen-bond acceptors (Lipinski definition) is 6. The number of aromatic amines is 1. The molecular weight excluding hydrogens is 544 g/mol. The van der Waals surface area contributed by atoms with Crippen LogP contribution in [-0.4, -0.2) is 75.8 Å². The molecule has 2 aromatic rings. The first-order valence-corrected chi connectivity index (χ1v) is 14.0. The van der Waals surface area contributed by atoms with E-state index in [-0.39, 0.29) is 24.7 Å². The van der Waals surface area contributed by atoms with Gasteiger partial charge in [-0.3, -0.25) is 28.8 Å². The third-order valence-corrected chi connectivity index (χ3v) is 7.08. The third-order valence-electron chi connectivity index (χ3n) is 7.08. The van der Waals surface area contributed by atoms with Gasteiger partial charge in [-0.25, -0.2) is 0 Å². The number of nitrogens with one attached hydrogen (secondary N) is 6. The number of carboxylic acids is 1. The maximum atomic E-state index is 13.6. The maximum Gasteiger partial charge on any atom is 0.305 e. The van der Waals surface area contributed by atoms with Crippen LogP contribution in [0.2, 0.25) is 0 Å². The SMILES string of the molecule is CC(C)C[C@H]1NC(=O)[C@H](C(C)C)NC(=O)[C@@H](C)NC(=O)[C@H](CC(=O)O)NC(=O)[C@H](Cc2c[nH]c3ccccc23)NC1=O. The highest BCUT2D eigenvalue weighted by molar-refractivity contribution is 5.99. The second-order valence-electron chi connectivity index (χ2n) is 11.4. The molecule has 1 fully saturated rings. The molecule has 1 aromatic carbocycles. The molecule has 1 aromatic heterocycles. The van der Waals surface area contributed by atoms with Gasteiger partial charge in [0.1, 0.15) is 30.2 Å². The number of rotatable bonds is 7. The summed E-state index contributed by atoms with van der Waals surface area (Å²) in [5.41, 5.74) is 1.52. The van der Waals surface area contributed by atoms with E-state index in [4.69, 9.17) is 0 Å². The molecule has 0 saturated carbocycles. The van der Waals surface area contributed by atoms with Gasteiger partial charge in [0, 0.05) is 23.5 Å². The molecule has 0 radical (unpaired) electrons. The van der Waals surface area contributed by atoms with Crippen LogP contribution < -0.4 is 26.6 Å². The summed E-state index contributed by atoms with van der Waals surface area (Å²) in [6.07, 6.45) is 1.21. The van der Waals surface area contributed by atoms with E-state index in [0.717, 1.165) is 10.9 Å². The van der Waals surface area contributed by atoms with Crippen LogP contribution in [0, 0.1) is 11.8 Å². The Labute approximate surface area is 243 Å². The van der Waals surface area contributed by atoms with Gasteiger partial charge in [0.25, 0.3) is 0 Å². The van der Waals surface area contributed by atoms with Gasteiger partial charge in [-0.2, -0.15) is 0 Å². The Balaban J connectivity index is 2.05. The summed E-state index contributed by atoms with van der Waals surface area (Å²) < 4.78 is 0. The molecule has 2 heterocycles. The van der Waals surface area contributed by atoms with E-state index in [9.17, 15) is 33.9 Å². The van der Waals surface area contributed by atoms with E-state index in [2.05, 4.69) is 31.6 Å². The van der Waals surface area contributed by atoms with Crippen LogP contribution in [0.25, 0.3) is 10.9 Å². The Morgan fingerprint density at radius 2 is 1.38 bits per heavy atom. The fourth-order valence-electron chi connectivity index (χ4n) is 4.82. The van der Waals surface area contributed by atoms with Crippen molar-refractivity contribution in [3.8, 4) is 0 Å². The smallest absolute Gasteiger partial charge is 0.305 e. The molecule has 1 aliphatic rings. The first-order valence-electron chi connectivity index (χ1n) is 14.0. The van der Waals surface area contributed by atoms with Crippen molar-refractivity contribution in [3.05, 3.63) is 36.0 Å². The second-order valence-corrected chi connectivity index (χ2v) is 11.4. The van der Waals surface area contributed by atoms with Gasteiger partial charge in [-0.15, -0.1) is 0 Å². The zero-order chi connectivity index (χ0) is 31.1. The standard InChI is InChI=1S/C29H40N6O7/c1-14(2)10-20-27(40)32-21(11-17-13-30-19-9-7-6-8-18(17)19)28(41)33-22(12-23(36)37)26(39)31-16(5)25(38)35-24(15(3)4)29(42)34-20/h6-9,13-16,20-22,24,30H,10-12H2,1-5H3,(H,31,39)(H,32,40)(H,33,41)(H,34,42)(H,35,38)(H,36,37)/t16-,20-,21+,22+,24+/m1/s1. The molecule has 0 spiro atoms. The molecule has 13 heteroatoms. The Morgan fingerprint density at radius 3 is 2.02 bits per heavy atom. The fourth-order valence-corrected chi connectivity index (χ4v) is 4.82. The number of carboxylic acid groups (broad SMARTS) is 1. The summed E-state index contributed by atoms with van der Waals surface area (Å²) in [5.74, 6) is -5.34. The molecule has 1 aliphatic heterocycles. The van der Waals surface area contributed by atoms with Crippen molar-refractivity contribution < 1.29 is 33.9 Å². The highest BCUT2D eigenvalue weighted by atomic mass is 16.4. The van der Waals surface area contributed by atoms with Crippen molar-refractivity contribution in [1.29, 1.82) is 0 Å². The number of H-pyrrole nitrogens is 1. The maximum absolute atomic E-state index is 13.6. The monoisotopic (exact) mass is 584 g/mol. The lowest BCUT2D eigenvalue weighted by Crippen LogP contribution is -2.59. The summed E-state index contributed by atoms with van der Waals surface area (Å²) >= 11 is 0. The minimum Gasteiger partial charge on any atom is -0.481 e. The lowest BCUT2D eigenvalue weighted by molar-refractivity contribution is -0.141. The van der Waals surface area contributed by atoms with E-state index in [1.165, 1.54) is 6.92 Å². The molecule has 42 heavy (non-hydrogen) atoms. The summed E-state index contributed by atoms with van der Waals surface area (Å²) in [5, 5.41) is 23.2. The summed E-state index contributed by atoms with van der Waals surface area (Å²) in [7, 11) is 0. The third kappa shape index (κ3) is 8.30. The Bertz CT molecular complexity index is 1340. The minimum atomic E-state index is -1.54. The lowest BCUT2D eigenvalue weighted by atomic mass is 9.98. The molecule has 0 unspecified atom stereocenters. The molecule has 13 nitrogen and oxygen atoms in total. The number of carbonyl (C=O) groups excluding carboxylic acids is 5. The van der Waals surface area contributed by atoms with Gasteiger partial charge in [0.15, 0.2) is 0 Å². The van der Waals surface area contributed by atoms with Crippen LogP contribution in [0.3, 0.4) is 0 Å². The predicted molar refractivity (Wildman–Crippen MR) is 154 cm³/mol. The minimum absolute atomic E-state index is 0.0103. The van der Waals surface area contributed by atoms with Gasteiger partial charge in [-0.05, 0) is 36.8 Å². The number of hydrogen-bond donors (Lipinski definition) is 7. The molecule has 3 rings (SSSR count). The first-order chi connectivity index (χ1) is 19.8. The topological polar surface area (TPSA) is 199 Å². The number of carbonyl (C=O) groups is 6. The largest absolute Gasteiger partial charge is 0.481 e. The fraction of sp³-hybridized carbons (Fsp3) is 0.517. The van der Waals surface area contributed by atoms with E-state index in [1.54, 1.807) is 20.0 Å². The van der Waals surface area contributed by atoms with Crippen LogP contribution in [0.5, 0.6) is 0 Å². The number of aromatic nitrogens is 1. The molecule has 5 atom stereocenters. The van der Waals surface area contributed by atoms with Gasteiger partial charge in [0.2, 0.25) is 29.5 Å². The van der Waals surface area contributed by atoms with Crippen molar-refractivity contribution in [1.82, 2.24) is 31.6 Å². The molecule has 0 aliphatic carbocycles. The number of benzene rings is 1. The first kappa shape index (κ1) is 32.1. The Morgan fingerprint density at radius 1 is 0.786 bits per heavy atom. The van der Waals surface area contributed by atoms with E-state index < -0.39 is 72.1 Å². The number of amides is 5. The summed E-state index contributed by atoms with van der Waals surface area (Å²) in [6, 6.07) is 1.41. The molecule has 228 valence electrons. The average molecular weight is 585 g/mol. The molecule has 5 amide bonds. The van der Waals surface area contributed by atoms with Gasteiger partial charge in [-0.1, -0.05) is 45.9 Å². The van der Waals surface area contributed by atoms with Crippen LogP contribution in [0.15, 0.2) is 30.5 Å². The van der Waals surface area contributed by atoms with E-state index in [1.807, 2.05) is 38.1 Å². The van der Waals surface area contributed by atoms with Gasteiger partial charge < -0.3 is 36.7 Å². The Kier molecular flexibility index (Phi) is 10.7. The number of para-hydroxylation sites is 1. The number of fused-ring (bicyclic) bond motifs is 1. The lowest BCUT2D eigenvalue weighted by Gasteiger charge is -2.27. The van der Waals surface area contributed by atoms with Crippen LogP contribution in [0.1, 0.15) is 53.0 Å². The number of aliphatic carboxylic acids is 1. The quantitative estimate of drug-likeness (QED) is 0.243. The highest BCUT2D eigenvalue weighted by Gasteiger charge is 2.35. The normalized spacial score (nSPS) is 24.7. The van der Waals surface area contributed by atoms with Gasteiger partial charge in [0.05, 0.1) is 6.42 Å². The Hall–Kier alpha value is -4.42. The van der Waals surface area contributed by atoms with Crippen molar-refractivity contribution in [2.45, 2.75) is 84.1 Å². The molecule has 7 N–H and O–H groups in total. The van der Waals surface area contributed by atoms with Crippen molar-refractivity contribution in [3.63, 3.8) is 0 Å². The van der Waals surface area contributed by atoms with Crippen LogP contribution in [0.4, 0.5) is 0 Å². The molecule has 1 saturated heterocycles. The molecule has 0 bridgehead atoms. The zero-order valence-corrected chi connectivity index (χ0v) is 24.4. The van der Waals surface area contributed by atoms with Gasteiger partial charge >= 0.3 is 5.97 Å². The van der Waals surface area contributed by atoms with E-state index in [0.29, 0.717) is 5.56 Å². The highest BCUT2D eigenvalue weighted by Crippen LogP contribution is 2.20. The average Bonchev–Trinajstić information content (AvgIpc) is 3.31. The second kappa shape index (κ2) is 14.0.